The van der Waals surface area contributed by atoms with Gasteiger partial charge in [0, 0.05) is 27.4 Å². The highest BCUT2D eigenvalue weighted by atomic mass is 35.5. The van der Waals surface area contributed by atoms with Crippen molar-refractivity contribution in [1.82, 2.24) is 10.9 Å². The number of hydrogen-bond acceptors (Lipinski definition) is 5. The lowest BCUT2D eigenvalue weighted by Gasteiger charge is -2.10. The lowest BCUT2D eigenvalue weighted by Crippen LogP contribution is -2.41. The number of rotatable bonds is 4. The number of carbonyl (C=O) groups excluding carboxylic acids is 3. The highest BCUT2D eigenvalue weighted by Gasteiger charge is 2.17. The first-order valence-electron chi connectivity index (χ1n) is 9.17. The Morgan fingerprint density at radius 2 is 1.35 bits per heavy atom. The minimum atomic E-state index is -0.545. The van der Waals surface area contributed by atoms with E-state index in [-0.39, 0.29) is 18.3 Å². The van der Waals surface area contributed by atoms with Crippen molar-refractivity contribution in [1.29, 1.82) is 0 Å². The predicted octanol–water partition coefficient (Wildman–Crippen LogP) is 3.40. The molecular formula is C22H16ClN3O5. The maximum absolute atomic E-state index is 12.4. The van der Waals surface area contributed by atoms with Gasteiger partial charge in [-0.3, -0.25) is 25.2 Å². The number of hydrogen-bond donors (Lipinski definition) is 3. The molecule has 3 aromatic carbocycles. The predicted molar refractivity (Wildman–Crippen MR) is 113 cm³/mol. The van der Waals surface area contributed by atoms with Gasteiger partial charge in [-0.1, -0.05) is 17.7 Å². The molecule has 0 unspecified atom stereocenters. The molecular weight excluding hydrogens is 422 g/mol. The summed E-state index contributed by atoms with van der Waals surface area (Å²) < 4.78 is 10.4. The van der Waals surface area contributed by atoms with E-state index < -0.39 is 11.8 Å². The van der Waals surface area contributed by atoms with Crippen LogP contribution in [0.15, 0.2) is 66.7 Å². The van der Waals surface area contributed by atoms with Crippen molar-refractivity contribution in [3.63, 3.8) is 0 Å². The molecule has 4 rings (SSSR count). The van der Waals surface area contributed by atoms with E-state index in [1.54, 1.807) is 54.6 Å². The minimum Gasteiger partial charge on any atom is -0.454 e. The SMILES string of the molecule is O=C(NNC(=O)c1ccc2c(c1)OCO2)c1cccc(NC(=O)c2ccc(Cl)cc2)c1. The van der Waals surface area contributed by atoms with Crippen LogP contribution in [0, 0.1) is 0 Å². The van der Waals surface area contributed by atoms with E-state index in [0.29, 0.717) is 33.3 Å². The zero-order valence-corrected chi connectivity index (χ0v) is 16.7. The van der Waals surface area contributed by atoms with Crippen LogP contribution in [0.5, 0.6) is 11.5 Å². The monoisotopic (exact) mass is 437 g/mol. The Morgan fingerprint density at radius 3 is 2.10 bits per heavy atom. The van der Waals surface area contributed by atoms with E-state index in [2.05, 4.69) is 16.2 Å². The molecule has 0 bridgehead atoms. The van der Waals surface area contributed by atoms with E-state index in [9.17, 15) is 14.4 Å². The Labute approximate surface area is 182 Å². The summed E-state index contributed by atoms with van der Waals surface area (Å²) in [6.45, 7) is 0.0992. The third-order valence-corrected chi connectivity index (χ3v) is 4.67. The van der Waals surface area contributed by atoms with Crippen LogP contribution in [0.25, 0.3) is 0 Å². The minimum absolute atomic E-state index is 0.0992. The summed E-state index contributed by atoms with van der Waals surface area (Å²) in [5.41, 5.74) is 6.09. The van der Waals surface area contributed by atoms with E-state index in [4.69, 9.17) is 21.1 Å². The third-order valence-electron chi connectivity index (χ3n) is 4.41. The molecule has 31 heavy (non-hydrogen) atoms. The Kier molecular flexibility index (Phi) is 5.72. The molecule has 1 aliphatic rings. The van der Waals surface area contributed by atoms with E-state index in [1.165, 1.54) is 12.1 Å². The number of hydrazine groups is 1. The molecule has 156 valence electrons. The first kappa shape index (κ1) is 20.2. The molecule has 0 saturated heterocycles. The average Bonchev–Trinajstić information content (AvgIpc) is 3.25. The summed E-state index contributed by atoms with van der Waals surface area (Å²) in [5.74, 6) is -0.387. The van der Waals surface area contributed by atoms with Crippen molar-refractivity contribution in [3.8, 4) is 11.5 Å². The Balaban J connectivity index is 1.37. The fraction of sp³-hybridized carbons (Fsp3) is 0.0455. The van der Waals surface area contributed by atoms with Crippen LogP contribution >= 0.6 is 11.6 Å². The summed E-state index contributed by atoms with van der Waals surface area (Å²) in [6, 6.07) is 17.4. The van der Waals surface area contributed by atoms with Crippen LogP contribution in [0.1, 0.15) is 31.1 Å². The molecule has 3 aromatic rings. The molecule has 0 aliphatic carbocycles. The smallest absolute Gasteiger partial charge is 0.269 e. The van der Waals surface area contributed by atoms with Gasteiger partial charge in [-0.15, -0.1) is 0 Å². The number of nitrogens with one attached hydrogen (secondary N) is 3. The quantitative estimate of drug-likeness (QED) is 0.542. The first-order valence-corrected chi connectivity index (χ1v) is 9.55. The summed E-state index contributed by atoms with van der Waals surface area (Å²) in [4.78, 5) is 37.0. The molecule has 8 nitrogen and oxygen atoms in total. The second kappa shape index (κ2) is 8.76. The van der Waals surface area contributed by atoms with Gasteiger partial charge in [0.1, 0.15) is 0 Å². The molecule has 9 heteroatoms. The van der Waals surface area contributed by atoms with Gasteiger partial charge in [0.25, 0.3) is 17.7 Å². The lowest BCUT2D eigenvalue weighted by molar-refractivity contribution is 0.0846. The Morgan fingerprint density at radius 1 is 0.710 bits per heavy atom. The van der Waals surface area contributed by atoms with E-state index >= 15 is 0 Å². The van der Waals surface area contributed by atoms with Gasteiger partial charge in [-0.25, -0.2) is 0 Å². The number of carbonyl (C=O) groups is 3. The maximum atomic E-state index is 12.4. The largest absolute Gasteiger partial charge is 0.454 e. The van der Waals surface area contributed by atoms with Crippen LogP contribution in [0.4, 0.5) is 5.69 Å². The fourth-order valence-electron chi connectivity index (χ4n) is 2.84. The van der Waals surface area contributed by atoms with Gasteiger partial charge in [-0.2, -0.15) is 0 Å². The van der Waals surface area contributed by atoms with Crippen LogP contribution < -0.4 is 25.6 Å². The first-order chi connectivity index (χ1) is 15.0. The number of benzene rings is 3. The summed E-state index contributed by atoms with van der Waals surface area (Å²) >= 11 is 5.83. The topological polar surface area (TPSA) is 106 Å². The molecule has 0 atom stereocenters. The Bertz CT molecular complexity index is 1160. The number of amides is 3. The van der Waals surface area contributed by atoms with E-state index in [0.717, 1.165) is 0 Å². The van der Waals surface area contributed by atoms with Crippen molar-refractivity contribution in [2.75, 3.05) is 12.1 Å². The second-order valence-electron chi connectivity index (χ2n) is 6.52. The van der Waals surface area contributed by atoms with Crippen LogP contribution in [0.3, 0.4) is 0 Å². The number of ether oxygens (including phenoxy) is 2. The molecule has 0 fully saturated rings. The Hall–Kier alpha value is -4.04. The van der Waals surface area contributed by atoms with Crippen LogP contribution in [0.2, 0.25) is 5.02 Å². The average molecular weight is 438 g/mol. The lowest BCUT2D eigenvalue weighted by atomic mass is 10.1. The van der Waals surface area contributed by atoms with Crippen molar-refractivity contribution < 1.29 is 23.9 Å². The number of halogens is 1. The van der Waals surface area contributed by atoms with Gasteiger partial charge < -0.3 is 14.8 Å². The van der Waals surface area contributed by atoms with E-state index in [1.807, 2.05) is 0 Å². The van der Waals surface area contributed by atoms with Gasteiger partial charge in [0.15, 0.2) is 11.5 Å². The number of fused-ring (bicyclic) bond motifs is 1. The molecule has 3 N–H and O–H groups in total. The highest BCUT2D eigenvalue weighted by molar-refractivity contribution is 6.30. The van der Waals surface area contributed by atoms with Crippen LogP contribution in [-0.4, -0.2) is 24.5 Å². The van der Waals surface area contributed by atoms with Crippen LogP contribution in [-0.2, 0) is 0 Å². The molecule has 0 aromatic heterocycles. The molecule has 3 amide bonds. The van der Waals surface area contributed by atoms with Crippen molar-refractivity contribution in [3.05, 3.63) is 88.4 Å². The highest BCUT2D eigenvalue weighted by Crippen LogP contribution is 2.32. The summed E-state index contributed by atoms with van der Waals surface area (Å²) in [6.07, 6.45) is 0. The van der Waals surface area contributed by atoms with Gasteiger partial charge in [0.2, 0.25) is 6.79 Å². The second-order valence-corrected chi connectivity index (χ2v) is 6.95. The standard InChI is InChI=1S/C22H16ClN3O5/c23-16-7-4-13(5-8-16)20(27)24-17-3-1-2-14(10-17)21(28)25-26-22(29)15-6-9-18-19(11-15)31-12-30-18/h1-11H,12H2,(H,24,27)(H,25,28)(H,26,29). The van der Waals surface area contributed by atoms with Gasteiger partial charge in [0.05, 0.1) is 0 Å². The molecule has 0 saturated carbocycles. The summed E-state index contributed by atoms with van der Waals surface area (Å²) in [5, 5.41) is 3.24. The molecule has 0 spiro atoms. The van der Waals surface area contributed by atoms with Gasteiger partial charge >= 0.3 is 0 Å². The molecule has 1 aliphatic heterocycles. The maximum Gasteiger partial charge on any atom is 0.269 e. The van der Waals surface area contributed by atoms with Crippen molar-refractivity contribution in [2.45, 2.75) is 0 Å². The zero-order chi connectivity index (χ0) is 21.8. The number of anilines is 1. The van der Waals surface area contributed by atoms with Crippen molar-refractivity contribution >= 4 is 35.0 Å². The van der Waals surface area contributed by atoms with Crippen molar-refractivity contribution in [2.24, 2.45) is 0 Å². The molecule has 1 heterocycles. The third kappa shape index (κ3) is 4.76. The molecule has 0 radical (unpaired) electrons. The van der Waals surface area contributed by atoms with Gasteiger partial charge in [-0.05, 0) is 60.7 Å². The summed E-state index contributed by atoms with van der Waals surface area (Å²) in [7, 11) is 0. The fourth-order valence-corrected chi connectivity index (χ4v) is 2.96. The normalized spacial score (nSPS) is 11.5. The zero-order valence-electron chi connectivity index (χ0n) is 16.0.